The van der Waals surface area contributed by atoms with Gasteiger partial charge in [-0.1, -0.05) is 31.9 Å². The third kappa shape index (κ3) is 3.30. The Morgan fingerprint density at radius 2 is 2.00 bits per heavy atom. The van der Waals surface area contributed by atoms with Gasteiger partial charge in [-0.05, 0) is 37.6 Å². The maximum atomic E-state index is 13.5. The van der Waals surface area contributed by atoms with Gasteiger partial charge in [-0.3, -0.25) is 19.1 Å². The number of hydrogen-bond donors (Lipinski definition) is 0. The van der Waals surface area contributed by atoms with Crippen LogP contribution in [0.5, 0.6) is 0 Å². The van der Waals surface area contributed by atoms with Crippen molar-refractivity contribution < 1.29 is 18.7 Å². The lowest BCUT2D eigenvalue weighted by Crippen LogP contribution is -2.50. The van der Waals surface area contributed by atoms with Crippen molar-refractivity contribution in [3.05, 3.63) is 48.4 Å². The van der Waals surface area contributed by atoms with E-state index in [9.17, 15) is 9.59 Å². The molecule has 0 saturated carbocycles. The Morgan fingerprint density at radius 1 is 1.17 bits per heavy atom. The number of benzene rings is 1. The number of amides is 1. The Balaban J connectivity index is 1.91. The summed E-state index contributed by atoms with van der Waals surface area (Å²) in [6, 6.07) is 10.6. The van der Waals surface area contributed by atoms with Crippen molar-refractivity contribution in [2.45, 2.75) is 39.2 Å². The van der Waals surface area contributed by atoms with Crippen molar-refractivity contribution in [2.75, 3.05) is 18.1 Å². The van der Waals surface area contributed by atoms with Crippen LogP contribution in [-0.2, 0) is 14.3 Å². The quantitative estimate of drug-likeness (QED) is 0.344. The zero-order valence-corrected chi connectivity index (χ0v) is 16.7. The van der Waals surface area contributed by atoms with Crippen molar-refractivity contribution in [3.8, 4) is 0 Å². The van der Waals surface area contributed by atoms with Gasteiger partial charge in [0.1, 0.15) is 11.8 Å². The van der Waals surface area contributed by atoms with Crippen LogP contribution in [0.25, 0.3) is 11.0 Å². The number of aromatic nitrogens is 2. The molecule has 2 aromatic heterocycles. The van der Waals surface area contributed by atoms with Crippen LogP contribution in [0.2, 0.25) is 0 Å². The molecule has 0 aliphatic carbocycles. The van der Waals surface area contributed by atoms with Gasteiger partial charge in [0.25, 0.3) is 0 Å². The van der Waals surface area contributed by atoms with Crippen molar-refractivity contribution in [2.24, 2.45) is 5.92 Å². The predicted octanol–water partition coefficient (Wildman–Crippen LogP) is 3.93. The Morgan fingerprint density at radius 3 is 2.72 bits per heavy atom. The minimum Gasteiger partial charge on any atom is -0.467 e. The van der Waals surface area contributed by atoms with E-state index in [2.05, 4.69) is 6.92 Å². The first-order valence-corrected chi connectivity index (χ1v) is 10.2. The first kappa shape index (κ1) is 19.2. The molecule has 2 atom stereocenters. The number of nitrogens with zero attached hydrogens (tertiary/aromatic N) is 3. The molecule has 152 valence electrons. The van der Waals surface area contributed by atoms with Crippen molar-refractivity contribution in [3.63, 3.8) is 0 Å². The Hall–Kier alpha value is -3.09. The normalized spacial score (nSPS) is 18.8. The average Bonchev–Trinajstić information content (AvgIpc) is 3.37. The van der Waals surface area contributed by atoms with Gasteiger partial charge in [0, 0.05) is 6.54 Å². The summed E-state index contributed by atoms with van der Waals surface area (Å²) in [5.74, 6) is -0.761. The van der Waals surface area contributed by atoms with E-state index in [4.69, 9.17) is 14.1 Å². The Labute approximate surface area is 169 Å². The fourth-order valence-corrected chi connectivity index (χ4v) is 3.99. The molecule has 29 heavy (non-hydrogen) atoms. The van der Waals surface area contributed by atoms with Crippen molar-refractivity contribution in [1.29, 1.82) is 0 Å². The van der Waals surface area contributed by atoms with Gasteiger partial charge in [-0.25, -0.2) is 4.98 Å². The third-order valence-corrected chi connectivity index (χ3v) is 5.31. The summed E-state index contributed by atoms with van der Waals surface area (Å²) in [4.78, 5) is 32.8. The van der Waals surface area contributed by atoms with Gasteiger partial charge >= 0.3 is 5.97 Å². The lowest BCUT2D eigenvalue weighted by Gasteiger charge is -2.36. The topological polar surface area (TPSA) is 77.6 Å². The second kappa shape index (κ2) is 8.11. The number of para-hydroxylation sites is 2. The summed E-state index contributed by atoms with van der Waals surface area (Å²) >= 11 is 0. The first-order valence-electron chi connectivity index (χ1n) is 10.2. The largest absolute Gasteiger partial charge is 0.467 e. The predicted molar refractivity (Wildman–Crippen MR) is 109 cm³/mol. The molecule has 0 radical (unpaired) electrons. The highest BCUT2D eigenvalue weighted by molar-refractivity contribution is 6.08. The minimum atomic E-state index is -1.02. The molecule has 0 spiro atoms. The molecular weight excluding hydrogens is 370 g/mol. The smallest absolute Gasteiger partial charge is 0.321 e. The fraction of sp³-hybridized carbons (Fsp3) is 0.409. The summed E-state index contributed by atoms with van der Waals surface area (Å²) in [7, 11) is 0. The SMILES string of the molecule is CCCCCN1C(=O)[C@H](C(=O)OCC)[C@@H](c2ccco2)n2c1nc1ccccc12. The molecule has 4 rings (SSSR count). The summed E-state index contributed by atoms with van der Waals surface area (Å²) in [6.45, 7) is 4.57. The highest BCUT2D eigenvalue weighted by Crippen LogP contribution is 2.41. The molecule has 1 aliphatic heterocycles. The number of hydrogen-bond acceptors (Lipinski definition) is 5. The van der Waals surface area contributed by atoms with Gasteiger partial charge in [-0.2, -0.15) is 0 Å². The number of imidazole rings is 1. The van der Waals surface area contributed by atoms with Gasteiger partial charge < -0.3 is 9.15 Å². The zero-order chi connectivity index (χ0) is 20.4. The van der Waals surface area contributed by atoms with Crippen LogP contribution in [0.4, 0.5) is 5.95 Å². The van der Waals surface area contributed by atoms with E-state index >= 15 is 0 Å². The molecule has 0 saturated heterocycles. The Bertz CT molecular complexity index is 1010. The monoisotopic (exact) mass is 395 g/mol. The van der Waals surface area contributed by atoms with E-state index < -0.39 is 17.9 Å². The molecule has 1 amide bonds. The summed E-state index contributed by atoms with van der Waals surface area (Å²) in [5, 5.41) is 0. The molecule has 0 unspecified atom stereocenters. The molecule has 0 fully saturated rings. The number of fused-ring (bicyclic) bond motifs is 3. The maximum absolute atomic E-state index is 13.5. The molecule has 1 aliphatic rings. The molecule has 3 aromatic rings. The molecule has 0 bridgehead atoms. The van der Waals surface area contributed by atoms with Crippen LogP contribution in [0.3, 0.4) is 0 Å². The van der Waals surface area contributed by atoms with Gasteiger partial charge in [0.2, 0.25) is 11.9 Å². The summed E-state index contributed by atoms with van der Waals surface area (Å²) < 4.78 is 12.9. The molecule has 7 heteroatoms. The summed E-state index contributed by atoms with van der Waals surface area (Å²) in [5.41, 5.74) is 1.63. The fourth-order valence-electron chi connectivity index (χ4n) is 3.99. The van der Waals surface area contributed by atoms with E-state index in [0.29, 0.717) is 18.3 Å². The van der Waals surface area contributed by atoms with E-state index in [1.54, 1.807) is 30.2 Å². The van der Waals surface area contributed by atoms with E-state index in [1.165, 1.54) is 0 Å². The number of furan rings is 1. The zero-order valence-electron chi connectivity index (χ0n) is 16.7. The lowest BCUT2D eigenvalue weighted by atomic mass is 9.93. The van der Waals surface area contributed by atoms with E-state index in [-0.39, 0.29) is 12.5 Å². The van der Waals surface area contributed by atoms with Crippen LogP contribution >= 0.6 is 0 Å². The lowest BCUT2D eigenvalue weighted by molar-refractivity contribution is -0.153. The Kier molecular flexibility index (Phi) is 5.38. The molecule has 3 heterocycles. The minimum absolute atomic E-state index is 0.209. The third-order valence-electron chi connectivity index (χ3n) is 5.31. The molecular formula is C22H25N3O4. The summed E-state index contributed by atoms with van der Waals surface area (Å²) in [6.07, 6.45) is 4.42. The highest BCUT2D eigenvalue weighted by Gasteiger charge is 2.48. The number of carbonyl (C=O) groups excluding carboxylic acids is 2. The second-order valence-corrected chi connectivity index (χ2v) is 7.16. The van der Waals surface area contributed by atoms with Crippen LogP contribution in [0, 0.1) is 5.92 Å². The number of unbranched alkanes of at least 4 members (excludes halogenated alkanes) is 2. The molecule has 7 nitrogen and oxygen atoms in total. The number of carbonyl (C=O) groups is 2. The average molecular weight is 395 g/mol. The van der Waals surface area contributed by atoms with Crippen LogP contribution in [-0.4, -0.2) is 34.6 Å². The van der Waals surface area contributed by atoms with E-state index in [1.807, 2.05) is 28.8 Å². The number of esters is 1. The maximum Gasteiger partial charge on any atom is 0.321 e. The van der Waals surface area contributed by atoms with Gasteiger partial charge in [-0.15, -0.1) is 0 Å². The van der Waals surface area contributed by atoms with Crippen LogP contribution in [0.15, 0.2) is 47.1 Å². The van der Waals surface area contributed by atoms with Crippen LogP contribution in [0.1, 0.15) is 44.9 Å². The van der Waals surface area contributed by atoms with Crippen molar-refractivity contribution >= 4 is 28.9 Å². The van der Waals surface area contributed by atoms with Gasteiger partial charge in [0.05, 0.1) is 23.9 Å². The number of ether oxygens (including phenoxy) is 1. The first-order chi connectivity index (χ1) is 14.2. The number of anilines is 1. The van der Waals surface area contributed by atoms with Gasteiger partial charge in [0.15, 0.2) is 5.92 Å². The molecule has 1 aromatic carbocycles. The second-order valence-electron chi connectivity index (χ2n) is 7.16. The molecule has 0 N–H and O–H groups in total. The van der Waals surface area contributed by atoms with Crippen molar-refractivity contribution in [1.82, 2.24) is 9.55 Å². The highest BCUT2D eigenvalue weighted by atomic mass is 16.5. The van der Waals surface area contributed by atoms with Crippen LogP contribution < -0.4 is 4.90 Å². The van der Waals surface area contributed by atoms with E-state index in [0.717, 1.165) is 30.3 Å². The standard InChI is InChI=1S/C22H25N3O4/c1-3-5-8-13-24-20(26)18(21(27)28-4-2)19(17-12-9-14-29-17)25-16-11-7-6-10-15(16)23-22(24)25/h6-7,9-12,14,18-19H,3-5,8,13H2,1-2H3/t18-,19-/m1/s1. The number of rotatable bonds is 7.